The van der Waals surface area contributed by atoms with Gasteiger partial charge in [0.15, 0.2) is 0 Å². The Balaban J connectivity index is 0.000000139. The van der Waals surface area contributed by atoms with E-state index in [0.717, 1.165) is 102 Å². The number of H-pyrrole nitrogens is 3. The molecule has 12 rings (SSSR count). The Morgan fingerprint density at radius 3 is 1.25 bits per heavy atom. The molecule has 5 N–H and O–H groups in total. The van der Waals surface area contributed by atoms with Crippen LogP contribution in [0, 0.1) is 0 Å². The molecule has 6 aromatic carbocycles. The average molecular weight is 1110 g/mol. The molecule has 23 heteroatoms. The van der Waals surface area contributed by atoms with Crippen LogP contribution in [-0.2, 0) is 16.2 Å². The fourth-order valence-electron chi connectivity index (χ4n) is 9.73. The highest BCUT2D eigenvalue weighted by Gasteiger charge is 2.32. The number of hydrogen-bond acceptors (Lipinski definition) is 12. The third-order valence-corrected chi connectivity index (χ3v) is 13.8. The largest absolute Gasteiger partial charge is 0.495 e. The van der Waals surface area contributed by atoms with Crippen molar-refractivity contribution in [1.29, 1.82) is 0 Å². The van der Waals surface area contributed by atoms with Crippen LogP contribution in [0.2, 0.25) is 0 Å². The molecule has 0 saturated carbocycles. The number of rotatable bonds is 7. The second-order valence-corrected chi connectivity index (χ2v) is 20.7. The predicted molar refractivity (Wildman–Crippen MR) is 303 cm³/mol. The molecule has 0 spiro atoms. The lowest BCUT2D eigenvalue weighted by Gasteiger charge is -2.36. The Bertz CT molecular complexity index is 3670. The third kappa shape index (κ3) is 13.5. The van der Waals surface area contributed by atoms with Crippen molar-refractivity contribution in [2.45, 2.75) is 6.18 Å². The number of fused-ring (bicyclic) bond motifs is 3. The van der Waals surface area contributed by atoms with Gasteiger partial charge in [0.1, 0.15) is 22.8 Å². The molecule has 0 bridgehead atoms. The van der Waals surface area contributed by atoms with Crippen LogP contribution in [0.15, 0.2) is 152 Å². The van der Waals surface area contributed by atoms with Crippen LogP contribution in [0.1, 0.15) is 37.0 Å². The van der Waals surface area contributed by atoms with Gasteiger partial charge >= 0.3 is 6.18 Å². The number of ether oxygens (including phenoxy) is 1. The van der Waals surface area contributed by atoms with Crippen LogP contribution in [-0.4, -0.2) is 163 Å². The van der Waals surface area contributed by atoms with E-state index in [2.05, 4.69) is 63.7 Å². The molecule has 80 heavy (non-hydrogen) atoms. The van der Waals surface area contributed by atoms with Crippen LogP contribution in [0.3, 0.4) is 0 Å². The van der Waals surface area contributed by atoms with E-state index in [1.54, 1.807) is 18.1 Å². The Labute approximate surface area is 459 Å². The number of benzene rings is 6. The summed E-state index contributed by atoms with van der Waals surface area (Å²) in [5, 5.41) is 28.0. The number of hydrogen-bond donors (Lipinski definition) is 4. The van der Waals surface area contributed by atoms with E-state index in [-0.39, 0.29) is 17.7 Å². The van der Waals surface area contributed by atoms with Gasteiger partial charge in [0.25, 0.3) is 17.7 Å². The second kappa shape index (κ2) is 24.8. The van der Waals surface area contributed by atoms with Crippen LogP contribution < -0.4 is 24.6 Å². The van der Waals surface area contributed by atoms with Gasteiger partial charge in [-0.15, -0.1) is 0 Å². The molecule has 3 fully saturated rings. The number of carbonyl (C=O) groups is 3. The fraction of sp³-hybridized carbons (Fsp3) is 0.263. The zero-order valence-corrected chi connectivity index (χ0v) is 44.8. The molecule has 3 saturated heterocycles. The van der Waals surface area contributed by atoms with Crippen LogP contribution in [0.5, 0.6) is 5.75 Å². The van der Waals surface area contributed by atoms with Crippen LogP contribution >= 0.6 is 0 Å². The smallest absolute Gasteiger partial charge is 0.416 e. The molecule has 0 unspecified atom stereocenters. The van der Waals surface area contributed by atoms with Gasteiger partial charge in [-0.2, -0.15) is 28.5 Å². The Morgan fingerprint density at radius 2 is 0.838 bits per heavy atom. The Kier molecular flexibility index (Phi) is 17.3. The molecule has 3 aromatic heterocycles. The number of anilines is 3. The number of nitrogens with zero attached hydrogens (tertiary/aromatic N) is 9. The Morgan fingerprint density at radius 1 is 0.487 bits per heavy atom. The van der Waals surface area contributed by atoms with Gasteiger partial charge < -0.3 is 34.1 Å². The molecule has 0 radical (unpaired) electrons. The standard InChI is InChI=1S/C19H17F3N4O.C19H20N4O2.C18H18N4O.CH5NO2S/c20-19(21,22)13-4-3-5-14(12-13)25-8-10-26(11-9-25)18(27)17-15-6-1-2-7-16(15)23-24-17;1-25-17-9-5-4-8-16(17)22-10-12-23(13-11-22)19(24)18-14-6-2-3-7-15(14)20-21-18;23-18(17-15-8-4-5-9-16(15)19-20-17)22-12-10-21(11-13-22)14-6-2-1-3-7-14;1-5(2,3)4/h1-7,12H,8-11H2,(H,23,24);2-9H,10-13H2,1H3,(H,20,21);1-9H,10-13H2,(H,19,20);1H3,(H2,2,3,4). The summed E-state index contributed by atoms with van der Waals surface area (Å²) in [6, 6.07) is 46.4. The van der Waals surface area contributed by atoms with E-state index in [1.165, 1.54) is 11.8 Å². The summed E-state index contributed by atoms with van der Waals surface area (Å²) in [6.07, 6.45) is -3.43. The number of aromatic nitrogens is 6. The molecular formula is C57H60F3N13O6S. The van der Waals surface area contributed by atoms with Crippen molar-refractivity contribution < 1.29 is 40.7 Å². The first kappa shape index (κ1) is 55.8. The number of amides is 3. The lowest BCUT2D eigenvalue weighted by atomic mass is 10.1. The summed E-state index contributed by atoms with van der Waals surface area (Å²) in [4.78, 5) is 50.3. The molecule has 0 aliphatic carbocycles. The summed E-state index contributed by atoms with van der Waals surface area (Å²) in [6.45, 7) is 7.85. The highest BCUT2D eigenvalue weighted by Crippen LogP contribution is 2.33. The molecule has 19 nitrogen and oxygen atoms in total. The topological polar surface area (TPSA) is 226 Å². The van der Waals surface area contributed by atoms with E-state index in [1.807, 2.05) is 124 Å². The second-order valence-electron chi connectivity index (χ2n) is 19.1. The molecule has 9 aromatic rings. The molecule has 3 aliphatic heterocycles. The number of nitrogens with one attached hydrogen (secondary N) is 3. The number of methoxy groups -OCH3 is 1. The summed E-state index contributed by atoms with van der Waals surface area (Å²) in [7, 11) is -1.48. The lowest BCUT2D eigenvalue weighted by Crippen LogP contribution is -2.49. The maximum atomic E-state index is 12.9. The van der Waals surface area contributed by atoms with Crippen LogP contribution in [0.25, 0.3) is 32.7 Å². The van der Waals surface area contributed by atoms with E-state index in [4.69, 9.17) is 4.74 Å². The number of piperazine rings is 3. The van der Waals surface area contributed by atoms with E-state index in [0.29, 0.717) is 62.0 Å². The summed E-state index contributed by atoms with van der Waals surface area (Å²) < 4.78 is 63.0. The molecular weight excluding hydrogens is 1050 g/mol. The van der Waals surface area contributed by atoms with Crippen molar-refractivity contribution in [3.05, 3.63) is 174 Å². The van der Waals surface area contributed by atoms with Gasteiger partial charge in [0.2, 0.25) is 10.0 Å². The zero-order chi connectivity index (χ0) is 56.4. The number of primary sulfonamides is 1. The van der Waals surface area contributed by atoms with Crippen molar-refractivity contribution in [3.63, 3.8) is 0 Å². The van der Waals surface area contributed by atoms with Crippen molar-refractivity contribution >= 4 is 77.5 Å². The first-order valence-corrected chi connectivity index (χ1v) is 27.7. The fourth-order valence-corrected chi connectivity index (χ4v) is 9.73. The monoisotopic (exact) mass is 1110 g/mol. The number of nitrogens with two attached hydrogens (primary N) is 1. The van der Waals surface area contributed by atoms with Gasteiger partial charge in [-0.25, -0.2) is 13.6 Å². The first-order chi connectivity index (χ1) is 38.5. The van der Waals surface area contributed by atoms with E-state index >= 15 is 0 Å². The first-order valence-electron chi connectivity index (χ1n) is 25.8. The Hall–Kier alpha value is -8.96. The highest BCUT2D eigenvalue weighted by molar-refractivity contribution is 7.88. The molecule has 3 amide bonds. The normalized spacial score (nSPS) is 14.9. The summed E-state index contributed by atoms with van der Waals surface area (Å²) in [5.74, 6) is 0.758. The van der Waals surface area contributed by atoms with Crippen molar-refractivity contribution in [2.24, 2.45) is 5.14 Å². The van der Waals surface area contributed by atoms with Gasteiger partial charge in [-0.1, -0.05) is 91.0 Å². The highest BCUT2D eigenvalue weighted by atomic mass is 32.2. The minimum Gasteiger partial charge on any atom is -0.495 e. The summed E-state index contributed by atoms with van der Waals surface area (Å²) >= 11 is 0. The lowest BCUT2D eigenvalue weighted by molar-refractivity contribution is -0.137. The van der Waals surface area contributed by atoms with Crippen molar-refractivity contribution in [2.75, 3.05) is 107 Å². The van der Waals surface area contributed by atoms with Gasteiger partial charge in [-0.05, 0) is 60.7 Å². The van der Waals surface area contributed by atoms with Gasteiger partial charge in [0.05, 0.1) is 41.2 Å². The predicted octanol–water partition coefficient (Wildman–Crippen LogP) is 7.51. The minimum atomic E-state index is -4.37. The zero-order valence-electron chi connectivity index (χ0n) is 44.0. The summed E-state index contributed by atoms with van der Waals surface area (Å²) in [5.41, 5.74) is 6.12. The number of sulfonamides is 1. The number of halogens is 3. The number of para-hydroxylation sites is 6. The minimum absolute atomic E-state index is 0.00776. The van der Waals surface area contributed by atoms with E-state index < -0.39 is 21.8 Å². The van der Waals surface area contributed by atoms with Crippen molar-refractivity contribution in [3.8, 4) is 5.75 Å². The maximum Gasteiger partial charge on any atom is 0.416 e. The number of alkyl halides is 3. The van der Waals surface area contributed by atoms with Crippen LogP contribution in [0.4, 0.5) is 30.2 Å². The van der Waals surface area contributed by atoms with Crippen molar-refractivity contribution in [1.82, 2.24) is 45.3 Å². The number of aromatic amines is 3. The number of carbonyl (C=O) groups excluding carboxylic acids is 3. The SMILES string of the molecule is COc1ccccc1N1CCN(C(=O)c2[nH]nc3ccccc23)CC1.CS(N)(=O)=O.O=C(c1[nH]nc2ccccc12)N1CCN(c2cccc(C(F)(F)F)c2)CC1.O=C(c1[nH]nc2ccccc12)N1CCN(c2ccccc2)CC1. The molecule has 3 aliphatic rings. The third-order valence-electron chi connectivity index (χ3n) is 13.8. The molecule has 6 heterocycles. The van der Waals surface area contributed by atoms with Gasteiger partial charge in [-0.3, -0.25) is 29.7 Å². The quantitative estimate of drug-likeness (QED) is 0.122. The van der Waals surface area contributed by atoms with E-state index in [9.17, 15) is 36.0 Å². The maximum absolute atomic E-state index is 12.9. The molecule has 416 valence electrons. The molecule has 0 atom stereocenters. The van der Waals surface area contributed by atoms with Gasteiger partial charge in [0, 0.05) is 106 Å². The average Bonchev–Trinajstić information content (AvgIpc) is 4.26.